The highest BCUT2D eigenvalue weighted by molar-refractivity contribution is 8.93. The zero-order valence-corrected chi connectivity index (χ0v) is 12.2. The van der Waals surface area contributed by atoms with Crippen molar-refractivity contribution in [2.75, 3.05) is 0 Å². The molecule has 0 aliphatic heterocycles. The molecule has 2 aliphatic rings. The summed E-state index contributed by atoms with van der Waals surface area (Å²) in [5.41, 5.74) is 5.68. The largest absolute Gasteiger partial charge is 0.241 e. The second-order valence-corrected chi connectivity index (χ2v) is 5.43. The highest BCUT2D eigenvalue weighted by Gasteiger charge is 2.19. The third-order valence-electron chi connectivity index (χ3n) is 3.25. The number of fused-ring (bicyclic) bond motifs is 2. The Kier molecular flexibility index (Phi) is 2.93. The van der Waals surface area contributed by atoms with Gasteiger partial charge in [-0.1, -0.05) is 11.6 Å². The monoisotopic (exact) mass is 295 g/mol. The molecular weight excluding hydrogens is 282 g/mol. The van der Waals surface area contributed by atoms with E-state index < -0.39 is 0 Å². The quantitative estimate of drug-likeness (QED) is 0.717. The minimum absolute atomic E-state index is 0. The van der Waals surface area contributed by atoms with Gasteiger partial charge in [-0.15, -0.1) is 28.3 Å². The molecule has 2 aliphatic carbocycles. The maximum atomic E-state index is 4.62. The van der Waals surface area contributed by atoms with Gasteiger partial charge in [-0.2, -0.15) is 0 Å². The second-order valence-electron chi connectivity index (χ2n) is 4.20. The minimum Gasteiger partial charge on any atom is -0.241 e. The Labute approximate surface area is 110 Å². The summed E-state index contributed by atoms with van der Waals surface area (Å²) in [7, 11) is 0. The maximum absolute atomic E-state index is 4.62. The molecule has 1 nitrogen and oxygen atoms in total. The first-order chi connectivity index (χ1) is 7.16. The smallest absolute Gasteiger partial charge is 0.0907 e. The van der Waals surface area contributed by atoms with Crippen molar-refractivity contribution in [1.82, 2.24) is 4.98 Å². The first-order valence-electron chi connectivity index (χ1n) is 5.23. The summed E-state index contributed by atoms with van der Waals surface area (Å²) in [6.45, 7) is 6.48. The minimum atomic E-state index is 0. The van der Waals surface area contributed by atoms with Crippen LogP contribution in [0.3, 0.4) is 0 Å². The SMILES string of the molecule is Br.CC1=CCC2=c3nc(C)sc3=CC2=C1C. The highest BCUT2D eigenvalue weighted by atomic mass is 79.9. The van der Waals surface area contributed by atoms with Crippen LogP contribution in [0.1, 0.15) is 25.3 Å². The zero-order valence-electron chi connectivity index (χ0n) is 9.63. The van der Waals surface area contributed by atoms with Crippen LogP contribution >= 0.6 is 28.3 Å². The molecule has 1 aromatic rings. The Morgan fingerprint density at radius 3 is 2.75 bits per heavy atom. The van der Waals surface area contributed by atoms with Crippen molar-refractivity contribution >= 4 is 40.0 Å². The van der Waals surface area contributed by atoms with Crippen molar-refractivity contribution in [3.05, 3.63) is 37.7 Å². The topological polar surface area (TPSA) is 12.9 Å². The predicted molar refractivity (Wildman–Crippen MR) is 75.4 cm³/mol. The standard InChI is InChI=1S/C13H13NS.BrH/c1-7-4-5-10-11(8(7)2)6-12-13(10)14-9(3)15-12;/h4,6H,5H2,1-3H3;1H. The molecule has 0 saturated carbocycles. The van der Waals surface area contributed by atoms with Crippen LogP contribution in [0.25, 0.3) is 11.6 Å². The molecule has 0 saturated heterocycles. The number of aromatic nitrogens is 1. The van der Waals surface area contributed by atoms with Crippen LogP contribution in [0, 0.1) is 6.92 Å². The van der Waals surface area contributed by atoms with E-state index in [-0.39, 0.29) is 17.0 Å². The van der Waals surface area contributed by atoms with Crippen molar-refractivity contribution in [3.63, 3.8) is 0 Å². The van der Waals surface area contributed by atoms with Crippen molar-refractivity contribution in [1.29, 1.82) is 0 Å². The third kappa shape index (κ3) is 1.54. The van der Waals surface area contributed by atoms with Gasteiger partial charge in [0.15, 0.2) is 0 Å². The molecule has 3 heteroatoms. The summed E-state index contributed by atoms with van der Waals surface area (Å²) in [4.78, 5) is 4.62. The summed E-state index contributed by atoms with van der Waals surface area (Å²) in [5.74, 6) is 0. The van der Waals surface area contributed by atoms with E-state index >= 15 is 0 Å². The lowest BCUT2D eigenvalue weighted by atomic mass is 9.90. The number of hydrogen-bond donors (Lipinski definition) is 0. The Morgan fingerprint density at radius 1 is 1.25 bits per heavy atom. The van der Waals surface area contributed by atoms with E-state index in [0.29, 0.717) is 0 Å². The molecule has 0 bridgehead atoms. The lowest BCUT2D eigenvalue weighted by Gasteiger charge is -2.14. The van der Waals surface area contributed by atoms with Gasteiger partial charge in [0.1, 0.15) is 0 Å². The molecule has 0 amide bonds. The normalized spacial score (nSPS) is 17.4. The summed E-state index contributed by atoms with van der Waals surface area (Å²) < 4.78 is 1.35. The molecule has 0 unspecified atom stereocenters. The Hall–Kier alpha value is -0.670. The third-order valence-corrected chi connectivity index (χ3v) is 4.17. The van der Waals surface area contributed by atoms with Gasteiger partial charge in [0.05, 0.1) is 14.9 Å². The fourth-order valence-electron chi connectivity index (χ4n) is 2.26. The lowest BCUT2D eigenvalue weighted by molar-refractivity contribution is 1.17. The van der Waals surface area contributed by atoms with E-state index in [1.807, 2.05) is 0 Å². The zero-order chi connectivity index (χ0) is 10.6. The van der Waals surface area contributed by atoms with Crippen LogP contribution in [-0.4, -0.2) is 4.98 Å². The average Bonchev–Trinajstić information content (AvgIpc) is 2.68. The summed E-state index contributed by atoms with van der Waals surface area (Å²) in [6, 6.07) is 0. The fraction of sp³-hybridized carbons (Fsp3) is 0.308. The number of rotatable bonds is 0. The van der Waals surface area contributed by atoms with Gasteiger partial charge >= 0.3 is 0 Å². The molecule has 0 radical (unpaired) electrons. The summed E-state index contributed by atoms with van der Waals surface area (Å²) >= 11 is 1.80. The average molecular weight is 296 g/mol. The Balaban J connectivity index is 0.000000963. The molecular formula is C13H14BrNS. The van der Waals surface area contributed by atoms with Crippen LogP contribution in [0.2, 0.25) is 0 Å². The van der Waals surface area contributed by atoms with Gasteiger partial charge < -0.3 is 0 Å². The molecule has 0 spiro atoms. The Morgan fingerprint density at radius 2 is 2.00 bits per heavy atom. The summed E-state index contributed by atoms with van der Waals surface area (Å²) in [6.07, 6.45) is 5.66. The van der Waals surface area contributed by atoms with Crippen molar-refractivity contribution in [2.24, 2.45) is 0 Å². The van der Waals surface area contributed by atoms with Crippen LogP contribution in [0.4, 0.5) is 0 Å². The van der Waals surface area contributed by atoms with Crippen molar-refractivity contribution < 1.29 is 0 Å². The van der Waals surface area contributed by atoms with Gasteiger partial charge in [-0.05, 0) is 50.0 Å². The van der Waals surface area contributed by atoms with Gasteiger partial charge in [-0.25, -0.2) is 4.98 Å². The molecule has 1 aromatic heterocycles. The van der Waals surface area contributed by atoms with E-state index in [1.54, 1.807) is 11.3 Å². The van der Waals surface area contributed by atoms with Gasteiger partial charge in [0.2, 0.25) is 0 Å². The van der Waals surface area contributed by atoms with Gasteiger partial charge in [0, 0.05) is 0 Å². The van der Waals surface area contributed by atoms with E-state index in [1.165, 1.54) is 37.2 Å². The maximum Gasteiger partial charge on any atom is 0.0907 e. The number of allylic oxidation sites excluding steroid dienone is 4. The second kappa shape index (κ2) is 3.97. The van der Waals surface area contributed by atoms with E-state index in [2.05, 4.69) is 37.9 Å². The number of aryl methyl sites for hydroxylation is 1. The number of nitrogens with zero attached hydrogens (tertiary/aromatic N) is 1. The first-order valence-corrected chi connectivity index (χ1v) is 6.05. The molecule has 1 heterocycles. The number of thiazole rings is 1. The highest BCUT2D eigenvalue weighted by Crippen LogP contribution is 2.31. The molecule has 84 valence electrons. The molecule has 0 aromatic carbocycles. The summed E-state index contributed by atoms with van der Waals surface area (Å²) in [5, 5.41) is 2.40. The Bertz CT molecular complexity index is 631. The van der Waals surface area contributed by atoms with Crippen LogP contribution in [-0.2, 0) is 0 Å². The molecule has 16 heavy (non-hydrogen) atoms. The van der Waals surface area contributed by atoms with Gasteiger partial charge in [-0.3, -0.25) is 0 Å². The molecule has 0 N–H and O–H groups in total. The molecule has 0 atom stereocenters. The van der Waals surface area contributed by atoms with Crippen LogP contribution in [0.5, 0.6) is 0 Å². The predicted octanol–water partition coefficient (Wildman–Crippen LogP) is 2.64. The molecule has 3 rings (SSSR count). The van der Waals surface area contributed by atoms with Gasteiger partial charge in [0.25, 0.3) is 0 Å². The van der Waals surface area contributed by atoms with Crippen LogP contribution < -0.4 is 9.88 Å². The first kappa shape index (κ1) is 11.8. The van der Waals surface area contributed by atoms with E-state index in [4.69, 9.17) is 0 Å². The lowest BCUT2D eigenvalue weighted by Crippen LogP contribution is -2.19. The fourth-order valence-corrected chi connectivity index (χ4v) is 3.16. The van der Waals surface area contributed by atoms with E-state index in [0.717, 1.165) is 6.42 Å². The molecule has 0 fully saturated rings. The number of hydrogen-bond acceptors (Lipinski definition) is 2. The van der Waals surface area contributed by atoms with Crippen molar-refractivity contribution in [2.45, 2.75) is 27.2 Å². The van der Waals surface area contributed by atoms with Crippen LogP contribution in [0.15, 0.2) is 22.8 Å². The number of halogens is 1. The van der Waals surface area contributed by atoms with Crippen molar-refractivity contribution in [3.8, 4) is 0 Å². The van der Waals surface area contributed by atoms with E-state index in [9.17, 15) is 0 Å².